The van der Waals surface area contributed by atoms with Crippen LogP contribution in [0.2, 0.25) is 0 Å². The zero-order valence-electron chi connectivity index (χ0n) is 10.6. The molecule has 0 bridgehead atoms. The molecule has 1 aromatic rings. The molecule has 0 radical (unpaired) electrons. The van der Waals surface area contributed by atoms with Gasteiger partial charge in [0, 0.05) is 31.7 Å². The average molecular weight is 237 g/mol. The minimum absolute atomic E-state index is 0.167. The normalized spacial score (nSPS) is 18.2. The summed E-state index contributed by atoms with van der Waals surface area (Å²) in [6.07, 6.45) is 0. The van der Waals surface area contributed by atoms with Crippen LogP contribution in [0.15, 0.2) is 4.52 Å². The molecule has 2 heterocycles. The van der Waals surface area contributed by atoms with Crippen molar-refractivity contribution in [3.8, 4) is 0 Å². The number of rotatable bonds is 2. The Labute approximate surface area is 101 Å². The van der Waals surface area contributed by atoms with Gasteiger partial charge in [-0.2, -0.15) is 0 Å². The highest BCUT2D eigenvalue weighted by molar-refractivity contribution is 5.84. The minimum atomic E-state index is -0.167. The van der Waals surface area contributed by atoms with Gasteiger partial charge in [-0.25, -0.2) is 0 Å². The fourth-order valence-electron chi connectivity index (χ4n) is 2.39. The van der Waals surface area contributed by atoms with Gasteiger partial charge in [-0.15, -0.1) is 0 Å². The lowest BCUT2D eigenvalue weighted by atomic mass is 9.98. The fourth-order valence-corrected chi connectivity index (χ4v) is 2.39. The van der Waals surface area contributed by atoms with Gasteiger partial charge in [0.15, 0.2) is 0 Å². The highest BCUT2D eigenvalue weighted by Gasteiger charge is 2.27. The summed E-state index contributed by atoms with van der Waals surface area (Å²) in [5.74, 6) is 0.749. The van der Waals surface area contributed by atoms with Crippen molar-refractivity contribution < 1.29 is 9.32 Å². The zero-order valence-corrected chi connectivity index (χ0v) is 10.6. The van der Waals surface area contributed by atoms with Gasteiger partial charge in [-0.05, 0) is 20.8 Å². The number of hydrogen-bond donors (Lipinski definition) is 1. The van der Waals surface area contributed by atoms with E-state index >= 15 is 0 Å². The van der Waals surface area contributed by atoms with Crippen LogP contribution in [-0.4, -0.2) is 42.1 Å². The summed E-state index contributed by atoms with van der Waals surface area (Å²) in [6.45, 7) is 8.99. The smallest absolute Gasteiger partial charge is 0.230 e. The van der Waals surface area contributed by atoms with Crippen LogP contribution in [0.3, 0.4) is 0 Å². The molecule has 5 nitrogen and oxygen atoms in total. The first-order valence-corrected chi connectivity index (χ1v) is 6.03. The van der Waals surface area contributed by atoms with Gasteiger partial charge in [0.2, 0.25) is 5.91 Å². The van der Waals surface area contributed by atoms with Gasteiger partial charge in [0.25, 0.3) is 0 Å². The van der Waals surface area contributed by atoms with Crippen molar-refractivity contribution in [2.24, 2.45) is 0 Å². The second-order valence-corrected chi connectivity index (χ2v) is 4.53. The summed E-state index contributed by atoms with van der Waals surface area (Å²) < 4.78 is 5.12. The Kier molecular flexibility index (Phi) is 3.47. The van der Waals surface area contributed by atoms with Crippen molar-refractivity contribution in [3.63, 3.8) is 0 Å². The lowest BCUT2D eigenvalue weighted by Gasteiger charge is -2.29. The predicted molar refractivity (Wildman–Crippen MR) is 63.8 cm³/mol. The van der Waals surface area contributed by atoms with Crippen LogP contribution in [0.5, 0.6) is 0 Å². The maximum atomic E-state index is 12.3. The minimum Gasteiger partial charge on any atom is -0.361 e. The number of hydrogen-bond acceptors (Lipinski definition) is 4. The molecule has 1 fully saturated rings. The Balaban J connectivity index is 2.14. The van der Waals surface area contributed by atoms with E-state index in [0.717, 1.165) is 43.2 Å². The Hall–Kier alpha value is -1.36. The zero-order chi connectivity index (χ0) is 12.4. The van der Waals surface area contributed by atoms with Crippen LogP contribution in [0, 0.1) is 13.8 Å². The Morgan fingerprint density at radius 2 is 2.06 bits per heavy atom. The molecule has 1 amide bonds. The van der Waals surface area contributed by atoms with Crippen LogP contribution in [0.1, 0.15) is 29.9 Å². The maximum absolute atomic E-state index is 12.3. The second-order valence-electron chi connectivity index (χ2n) is 4.53. The van der Waals surface area contributed by atoms with Gasteiger partial charge >= 0.3 is 0 Å². The first-order valence-electron chi connectivity index (χ1n) is 6.03. The van der Waals surface area contributed by atoms with Gasteiger partial charge < -0.3 is 14.7 Å². The number of piperazine rings is 1. The topological polar surface area (TPSA) is 58.4 Å². The lowest BCUT2D eigenvalue weighted by Crippen LogP contribution is -2.47. The first kappa shape index (κ1) is 12.1. The number of aryl methyl sites for hydroxylation is 2. The highest BCUT2D eigenvalue weighted by atomic mass is 16.5. The molecule has 0 spiro atoms. The van der Waals surface area contributed by atoms with Gasteiger partial charge in [-0.1, -0.05) is 5.16 Å². The quantitative estimate of drug-likeness (QED) is 0.827. The molecule has 1 aliphatic rings. The van der Waals surface area contributed by atoms with E-state index in [1.165, 1.54) is 0 Å². The summed E-state index contributed by atoms with van der Waals surface area (Å²) in [6, 6.07) is 0. The van der Waals surface area contributed by atoms with E-state index in [2.05, 4.69) is 10.5 Å². The maximum Gasteiger partial charge on any atom is 0.230 e. The van der Waals surface area contributed by atoms with E-state index in [0.29, 0.717) is 0 Å². The third kappa shape index (κ3) is 2.34. The van der Waals surface area contributed by atoms with Crippen LogP contribution in [0.4, 0.5) is 0 Å². The standard InChI is InChI=1S/C12H19N3O2/c1-8(11-9(2)14-17-10(11)3)12(16)15-6-4-13-5-7-15/h8,13H,4-7H2,1-3H3/t8-/m1/s1. The van der Waals surface area contributed by atoms with Crippen molar-refractivity contribution in [3.05, 3.63) is 17.0 Å². The molecule has 94 valence electrons. The molecule has 0 aliphatic carbocycles. The van der Waals surface area contributed by atoms with Crippen LogP contribution in [0.25, 0.3) is 0 Å². The van der Waals surface area contributed by atoms with E-state index in [4.69, 9.17) is 4.52 Å². The summed E-state index contributed by atoms with van der Waals surface area (Å²) in [4.78, 5) is 14.2. The van der Waals surface area contributed by atoms with Crippen molar-refractivity contribution >= 4 is 5.91 Å². The first-order chi connectivity index (χ1) is 8.11. The predicted octanol–water partition coefficient (Wildman–Crippen LogP) is 0.827. The summed E-state index contributed by atoms with van der Waals surface area (Å²) in [5, 5.41) is 7.15. The molecule has 1 aliphatic heterocycles. The molecule has 1 atom stereocenters. The van der Waals surface area contributed by atoms with Gasteiger partial charge in [0.05, 0.1) is 11.6 Å². The molecule has 0 unspecified atom stereocenters. The van der Waals surface area contributed by atoms with E-state index in [1.54, 1.807) is 0 Å². The van der Waals surface area contributed by atoms with E-state index < -0.39 is 0 Å². The molecule has 1 aromatic heterocycles. The third-order valence-electron chi connectivity index (χ3n) is 3.32. The SMILES string of the molecule is Cc1noc(C)c1[C@@H](C)C(=O)N1CCNCC1. The van der Waals surface area contributed by atoms with Crippen molar-refractivity contribution in [1.29, 1.82) is 0 Å². The summed E-state index contributed by atoms with van der Waals surface area (Å²) in [5.41, 5.74) is 1.76. The number of nitrogens with one attached hydrogen (secondary N) is 1. The molecular weight excluding hydrogens is 218 g/mol. The van der Waals surface area contributed by atoms with Gasteiger partial charge in [0.1, 0.15) is 5.76 Å². The van der Waals surface area contributed by atoms with Crippen LogP contribution >= 0.6 is 0 Å². The van der Waals surface area contributed by atoms with Crippen molar-refractivity contribution in [1.82, 2.24) is 15.4 Å². The summed E-state index contributed by atoms with van der Waals surface area (Å²) in [7, 11) is 0. The largest absolute Gasteiger partial charge is 0.361 e. The molecule has 0 aromatic carbocycles. The van der Waals surface area contributed by atoms with Crippen LogP contribution in [-0.2, 0) is 4.79 Å². The average Bonchev–Trinajstić information content (AvgIpc) is 2.68. The summed E-state index contributed by atoms with van der Waals surface area (Å²) >= 11 is 0. The monoisotopic (exact) mass is 237 g/mol. The highest BCUT2D eigenvalue weighted by Crippen LogP contribution is 2.24. The van der Waals surface area contributed by atoms with E-state index in [1.807, 2.05) is 25.7 Å². The Morgan fingerprint density at radius 3 is 2.59 bits per heavy atom. The Morgan fingerprint density at radius 1 is 1.41 bits per heavy atom. The van der Waals surface area contributed by atoms with Crippen LogP contribution < -0.4 is 5.32 Å². The van der Waals surface area contributed by atoms with E-state index in [9.17, 15) is 4.79 Å². The number of nitrogens with zero attached hydrogens (tertiary/aromatic N) is 2. The molecule has 1 N–H and O–H groups in total. The Bertz CT molecular complexity index is 388. The lowest BCUT2D eigenvalue weighted by molar-refractivity contribution is -0.133. The number of carbonyl (C=O) groups is 1. The fraction of sp³-hybridized carbons (Fsp3) is 0.667. The molecular formula is C12H19N3O2. The molecule has 1 saturated heterocycles. The van der Waals surface area contributed by atoms with Crippen molar-refractivity contribution in [2.75, 3.05) is 26.2 Å². The second kappa shape index (κ2) is 4.87. The molecule has 0 saturated carbocycles. The molecule has 5 heteroatoms. The third-order valence-corrected chi connectivity index (χ3v) is 3.32. The van der Waals surface area contributed by atoms with Gasteiger partial charge in [-0.3, -0.25) is 4.79 Å². The van der Waals surface area contributed by atoms with E-state index in [-0.39, 0.29) is 11.8 Å². The number of amides is 1. The number of aromatic nitrogens is 1. The molecule has 2 rings (SSSR count). The molecule has 17 heavy (non-hydrogen) atoms. The number of carbonyl (C=O) groups excluding carboxylic acids is 1. The van der Waals surface area contributed by atoms with Crippen molar-refractivity contribution in [2.45, 2.75) is 26.7 Å².